The molecule has 4 rings (SSSR count). The number of para-hydroxylation sites is 2. The number of halogens is 1. The number of aromatic nitrogens is 1. The number of amides is 1. The maximum Gasteiger partial charge on any atom is 0.339 e. The number of carboxylic acid groups (broad SMARTS) is 1. The van der Waals surface area contributed by atoms with Crippen LogP contribution in [0.3, 0.4) is 0 Å². The van der Waals surface area contributed by atoms with Gasteiger partial charge in [-0.1, -0.05) is 12.1 Å². The molecule has 2 aromatic heterocycles. The van der Waals surface area contributed by atoms with E-state index in [1.807, 2.05) is 0 Å². The van der Waals surface area contributed by atoms with Gasteiger partial charge in [-0.15, -0.1) is 11.3 Å². The lowest BCUT2D eigenvalue weighted by Crippen LogP contribution is -2.14. The van der Waals surface area contributed by atoms with E-state index in [4.69, 9.17) is 4.42 Å². The van der Waals surface area contributed by atoms with Crippen molar-refractivity contribution in [2.45, 2.75) is 4.90 Å². The summed E-state index contributed by atoms with van der Waals surface area (Å²) in [4.78, 5) is 28.3. The van der Waals surface area contributed by atoms with E-state index in [1.165, 1.54) is 17.5 Å². The average molecular weight is 460 g/mol. The number of fused-ring (bicyclic) bond motifs is 1. The minimum absolute atomic E-state index is 0.0258. The number of carboxylic acids is 1. The molecule has 2 N–H and O–H groups in total. The molecule has 2 aromatic carbocycles. The van der Waals surface area contributed by atoms with Gasteiger partial charge in [-0.05, 0) is 30.3 Å². The summed E-state index contributed by atoms with van der Waals surface area (Å²) >= 11 is 0.891. The Morgan fingerprint density at radius 2 is 1.94 bits per heavy atom. The predicted molar refractivity (Wildman–Crippen MR) is 112 cm³/mol. The first-order valence-electron chi connectivity index (χ1n) is 8.67. The lowest BCUT2D eigenvalue weighted by Gasteiger charge is -2.07. The van der Waals surface area contributed by atoms with E-state index in [-0.39, 0.29) is 32.5 Å². The van der Waals surface area contributed by atoms with Crippen LogP contribution >= 0.6 is 11.3 Å². The molecule has 11 heteroatoms. The van der Waals surface area contributed by atoms with Crippen LogP contribution in [0, 0.1) is 5.82 Å². The number of hydrogen-bond donors (Lipinski definition) is 2. The number of aromatic carboxylic acids is 1. The van der Waals surface area contributed by atoms with Gasteiger partial charge in [0.25, 0.3) is 5.89 Å². The fourth-order valence-electron chi connectivity index (χ4n) is 2.92. The Balaban J connectivity index is 1.71. The molecular weight excluding hydrogens is 447 g/mol. The van der Waals surface area contributed by atoms with Crippen LogP contribution in [-0.4, -0.2) is 36.6 Å². The molecule has 0 unspecified atom stereocenters. The van der Waals surface area contributed by atoms with Crippen molar-refractivity contribution in [3.63, 3.8) is 0 Å². The highest BCUT2D eigenvalue weighted by Gasteiger charge is 2.25. The Morgan fingerprint density at radius 1 is 1.19 bits per heavy atom. The zero-order valence-electron chi connectivity index (χ0n) is 15.7. The number of thiophene rings is 1. The van der Waals surface area contributed by atoms with Crippen LogP contribution < -0.4 is 5.32 Å². The number of hydrogen-bond acceptors (Lipinski definition) is 7. The smallest absolute Gasteiger partial charge is 0.339 e. The van der Waals surface area contributed by atoms with Crippen LogP contribution in [0.15, 0.2) is 57.2 Å². The number of sulfone groups is 1. The fourth-order valence-corrected chi connectivity index (χ4v) is 4.57. The number of nitrogens with one attached hydrogen (secondary N) is 1. The minimum atomic E-state index is -3.63. The second-order valence-corrected chi connectivity index (χ2v) is 9.41. The van der Waals surface area contributed by atoms with Crippen molar-refractivity contribution < 1.29 is 31.9 Å². The molecule has 0 aliphatic rings. The standard InChI is InChI=1S/C20H13FN2O6S2/c1-31(27,28)10-6-7-11(12(21)8-10)17-16(20(25)26)14(9-30-17)22-18(24)19-23-13-4-2-3-5-15(13)29-19/h2-9H,1H3,(H,22,24)(H,25,26). The lowest BCUT2D eigenvalue weighted by atomic mass is 10.1. The summed E-state index contributed by atoms with van der Waals surface area (Å²) in [7, 11) is -3.63. The molecule has 0 bridgehead atoms. The molecule has 1 amide bonds. The summed E-state index contributed by atoms with van der Waals surface area (Å²) in [5.41, 5.74) is 0.360. The van der Waals surface area contributed by atoms with Gasteiger partial charge in [-0.2, -0.15) is 0 Å². The zero-order chi connectivity index (χ0) is 22.3. The largest absolute Gasteiger partial charge is 0.478 e. The summed E-state index contributed by atoms with van der Waals surface area (Å²) < 4.78 is 43.2. The maximum atomic E-state index is 14.6. The van der Waals surface area contributed by atoms with Gasteiger partial charge in [0.05, 0.1) is 15.5 Å². The van der Waals surface area contributed by atoms with Gasteiger partial charge in [-0.25, -0.2) is 22.6 Å². The maximum absolute atomic E-state index is 14.6. The fraction of sp³-hybridized carbons (Fsp3) is 0.0500. The molecule has 0 aliphatic carbocycles. The van der Waals surface area contributed by atoms with Crippen LogP contribution in [0.2, 0.25) is 0 Å². The first-order valence-corrected chi connectivity index (χ1v) is 11.4. The van der Waals surface area contributed by atoms with Crippen molar-refractivity contribution in [1.82, 2.24) is 4.98 Å². The number of rotatable bonds is 5. The third-order valence-corrected chi connectivity index (χ3v) is 6.48. The average Bonchev–Trinajstić information content (AvgIpc) is 3.31. The Bertz CT molecular complexity index is 1420. The quantitative estimate of drug-likeness (QED) is 0.460. The molecular formula is C20H13FN2O6S2. The van der Waals surface area contributed by atoms with Crippen molar-refractivity contribution in [3.05, 3.63) is 65.1 Å². The van der Waals surface area contributed by atoms with Gasteiger partial charge in [0.1, 0.15) is 16.9 Å². The molecule has 0 spiro atoms. The minimum Gasteiger partial charge on any atom is -0.478 e. The van der Waals surface area contributed by atoms with Crippen LogP contribution in [0.4, 0.5) is 10.1 Å². The molecule has 4 aromatic rings. The van der Waals surface area contributed by atoms with E-state index in [9.17, 15) is 27.5 Å². The highest BCUT2D eigenvalue weighted by Crippen LogP contribution is 2.38. The summed E-state index contributed by atoms with van der Waals surface area (Å²) in [6.45, 7) is 0. The summed E-state index contributed by atoms with van der Waals surface area (Å²) in [6, 6.07) is 9.94. The third kappa shape index (κ3) is 3.92. The van der Waals surface area contributed by atoms with Crippen molar-refractivity contribution in [3.8, 4) is 10.4 Å². The van der Waals surface area contributed by atoms with E-state index in [1.54, 1.807) is 24.3 Å². The molecule has 2 heterocycles. The second kappa shape index (κ2) is 7.60. The van der Waals surface area contributed by atoms with Gasteiger partial charge < -0.3 is 14.8 Å². The Labute approximate surface area is 178 Å². The van der Waals surface area contributed by atoms with Gasteiger partial charge in [0.2, 0.25) is 0 Å². The van der Waals surface area contributed by atoms with Crippen LogP contribution in [-0.2, 0) is 9.84 Å². The normalized spacial score (nSPS) is 11.5. The number of carbonyl (C=O) groups excluding carboxylic acids is 1. The van der Waals surface area contributed by atoms with E-state index < -0.39 is 27.5 Å². The number of carbonyl (C=O) groups is 2. The lowest BCUT2D eigenvalue weighted by molar-refractivity contribution is 0.0699. The summed E-state index contributed by atoms with van der Waals surface area (Å²) in [5.74, 6) is -3.32. The van der Waals surface area contributed by atoms with Crippen molar-refractivity contribution in [2.75, 3.05) is 11.6 Å². The van der Waals surface area contributed by atoms with Gasteiger partial charge in [-0.3, -0.25) is 4.79 Å². The molecule has 0 aliphatic heterocycles. The molecule has 31 heavy (non-hydrogen) atoms. The summed E-state index contributed by atoms with van der Waals surface area (Å²) in [5, 5.41) is 13.4. The highest BCUT2D eigenvalue weighted by molar-refractivity contribution is 7.90. The molecule has 8 nitrogen and oxygen atoms in total. The second-order valence-electron chi connectivity index (χ2n) is 6.51. The topological polar surface area (TPSA) is 127 Å². The Hall–Kier alpha value is -3.57. The summed E-state index contributed by atoms with van der Waals surface area (Å²) in [6.07, 6.45) is 0.939. The van der Waals surface area contributed by atoms with Crippen LogP contribution in [0.1, 0.15) is 21.0 Å². The van der Waals surface area contributed by atoms with Gasteiger partial charge >= 0.3 is 11.9 Å². The van der Waals surface area contributed by atoms with Gasteiger partial charge in [0, 0.05) is 17.2 Å². The van der Waals surface area contributed by atoms with Gasteiger partial charge in [0.15, 0.2) is 15.4 Å². The third-order valence-electron chi connectivity index (χ3n) is 4.35. The van der Waals surface area contributed by atoms with Crippen molar-refractivity contribution >= 4 is 49.8 Å². The van der Waals surface area contributed by atoms with Crippen molar-refractivity contribution in [1.29, 1.82) is 0 Å². The predicted octanol–water partition coefficient (Wildman–Crippen LogP) is 4.05. The van der Waals surface area contributed by atoms with E-state index >= 15 is 0 Å². The highest BCUT2D eigenvalue weighted by atomic mass is 32.2. The number of benzene rings is 2. The Morgan fingerprint density at radius 3 is 2.58 bits per heavy atom. The molecule has 0 saturated carbocycles. The van der Waals surface area contributed by atoms with Crippen molar-refractivity contribution in [2.24, 2.45) is 0 Å². The zero-order valence-corrected chi connectivity index (χ0v) is 17.4. The molecule has 0 fully saturated rings. The van der Waals surface area contributed by atoms with E-state index in [0.717, 1.165) is 23.7 Å². The molecule has 0 saturated heterocycles. The first kappa shape index (κ1) is 20.7. The molecule has 158 valence electrons. The number of oxazole rings is 1. The van der Waals surface area contributed by atoms with Crippen LogP contribution in [0.25, 0.3) is 21.5 Å². The van der Waals surface area contributed by atoms with E-state index in [0.29, 0.717) is 11.1 Å². The monoisotopic (exact) mass is 460 g/mol. The molecule has 0 atom stereocenters. The SMILES string of the molecule is CS(=O)(=O)c1ccc(-c2scc(NC(=O)c3nc4ccccc4o3)c2C(=O)O)c(F)c1. The van der Waals surface area contributed by atoms with Crippen LogP contribution in [0.5, 0.6) is 0 Å². The number of nitrogens with zero attached hydrogens (tertiary/aromatic N) is 1. The first-order chi connectivity index (χ1) is 14.6. The number of anilines is 1. The Kier molecular flexibility index (Phi) is 5.07. The molecule has 0 radical (unpaired) electrons. The van der Waals surface area contributed by atoms with E-state index in [2.05, 4.69) is 10.3 Å².